The number of carbonyl (C=O) groups is 1. The predicted octanol–water partition coefficient (Wildman–Crippen LogP) is 2.63. The van der Waals surface area contributed by atoms with E-state index in [4.69, 9.17) is 4.74 Å². The van der Waals surface area contributed by atoms with Crippen LogP contribution in [-0.4, -0.2) is 36.1 Å². The van der Waals surface area contributed by atoms with Gasteiger partial charge in [0.25, 0.3) is 0 Å². The lowest BCUT2D eigenvalue weighted by Gasteiger charge is -2.31. The van der Waals surface area contributed by atoms with Crippen LogP contribution in [0.3, 0.4) is 0 Å². The normalized spacial score (nSPS) is 15.0. The number of piperidine rings is 1. The van der Waals surface area contributed by atoms with Crippen molar-refractivity contribution in [3.63, 3.8) is 0 Å². The molecule has 0 aliphatic carbocycles. The van der Waals surface area contributed by atoms with Crippen LogP contribution >= 0.6 is 0 Å². The Bertz CT molecular complexity index is 733. The zero-order valence-corrected chi connectivity index (χ0v) is 15.7. The van der Waals surface area contributed by atoms with Crippen molar-refractivity contribution in [3.05, 3.63) is 47.3 Å². The molecule has 0 radical (unpaired) electrons. The predicted molar refractivity (Wildman–Crippen MR) is 101 cm³/mol. The van der Waals surface area contributed by atoms with E-state index in [9.17, 15) is 4.79 Å². The van der Waals surface area contributed by atoms with Crippen molar-refractivity contribution >= 4 is 11.9 Å². The van der Waals surface area contributed by atoms with Gasteiger partial charge in [-0.05, 0) is 50.5 Å². The first-order valence-electron chi connectivity index (χ1n) is 9.03. The van der Waals surface area contributed by atoms with Gasteiger partial charge in [-0.3, -0.25) is 4.79 Å². The van der Waals surface area contributed by atoms with Crippen molar-refractivity contribution < 1.29 is 9.53 Å². The molecule has 0 unspecified atom stereocenters. The minimum Gasteiger partial charge on any atom is -0.497 e. The Morgan fingerprint density at radius 1 is 1.15 bits per heavy atom. The molecule has 2 heterocycles. The number of rotatable bonds is 5. The van der Waals surface area contributed by atoms with E-state index >= 15 is 0 Å². The van der Waals surface area contributed by atoms with Gasteiger partial charge in [-0.25, -0.2) is 9.97 Å². The maximum absolute atomic E-state index is 12.5. The Morgan fingerprint density at radius 2 is 1.77 bits per heavy atom. The number of ether oxygens (including phenoxy) is 1. The van der Waals surface area contributed by atoms with Crippen LogP contribution in [0.5, 0.6) is 5.75 Å². The summed E-state index contributed by atoms with van der Waals surface area (Å²) in [7, 11) is 1.65. The first-order chi connectivity index (χ1) is 12.5. The summed E-state index contributed by atoms with van der Waals surface area (Å²) in [4.78, 5) is 23.7. The van der Waals surface area contributed by atoms with Gasteiger partial charge in [0.05, 0.1) is 7.11 Å². The Labute approximate surface area is 154 Å². The highest BCUT2D eigenvalue weighted by Crippen LogP contribution is 2.21. The van der Waals surface area contributed by atoms with Gasteiger partial charge in [-0.1, -0.05) is 12.1 Å². The van der Waals surface area contributed by atoms with Crippen molar-refractivity contribution in [1.82, 2.24) is 15.3 Å². The molecular formula is C20H26N4O2. The lowest BCUT2D eigenvalue weighted by atomic mass is 9.96. The number of anilines is 1. The number of aromatic nitrogens is 2. The Morgan fingerprint density at radius 3 is 2.35 bits per heavy atom. The third-order valence-electron chi connectivity index (χ3n) is 4.74. The fraction of sp³-hybridized carbons (Fsp3) is 0.450. The molecule has 0 bridgehead atoms. The third-order valence-corrected chi connectivity index (χ3v) is 4.74. The van der Waals surface area contributed by atoms with Crippen LogP contribution in [0.1, 0.15) is 29.8 Å². The van der Waals surface area contributed by atoms with Crippen LogP contribution in [0.25, 0.3) is 0 Å². The average molecular weight is 354 g/mol. The summed E-state index contributed by atoms with van der Waals surface area (Å²) >= 11 is 0. The van der Waals surface area contributed by atoms with Crippen molar-refractivity contribution in [2.75, 3.05) is 25.1 Å². The summed E-state index contributed by atoms with van der Waals surface area (Å²) < 4.78 is 5.15. The second-order valence-corrected chi connectivity index (χ2v) is 6.78. The standard InChI is InChI=1S/C20H26N4O2/c1-14-12-15(2)23-20(22-14)24-10-8-17(9-11-24)19(25)21-13-16-4-6-18(26-3)7-5-16/h4-7,12,17H,8-11,13H2,1-3H3,(H,21,25). The van der Waals surface area contributed by atoms with E-state index in [1.165, 1.54) is 0 Å². The molecule has 1 aliphatic heterocycles. The monoisotopic (exact) mass is 354 g/mol. The molecule has 138 valence electrons. The Kier molecular flexibility index (Phi) is 5.71. The fourth-order valence-electron chi connectivity index (χ4n) is 3.27. The molecular weight excluding hydrogens is 328 g/mol. The molecule has 0 atom stereocenters. The van der Waals surface area contributed by atoms with Gasteiger partial charge >= 0.3 is 0 Å². The molecule has 1 aromatic heterocycles. The molecule has 0 saturated carbocycles. The van der Waals surface area contributed by atoms with Gasteiger partial charge in [0.2, 0.25) is 11.9 Å². The molecule has 1 fully saturated rings. The topological polar surface area (TPSA) is 67.3 Å². The molecule has 2 aromatic rings. The number of hydrogen-bond donors (Lipinski definition) is 1. The van der Waals surface area contributed by atoms with Crippen LogP contribution < -0.4 is 15.0 Å². The summed E-state index contributed by atoms with van der Waals surface area (Å²) in [5, 5.41) is 3.05. The number of hydrogen-bond acceptors (Lipinski definition) is 5. The highest BCUT2D eigenvalue weighted by atomic mass is 16.5. The summed E-state index contributed by atoms with van der Waals surface area (Å²) in [6.07, 6.45) is 1.65. The number of amides is 1. The number of benzene rings is 1. The molecule has 1 aliphatic rings. The first-order valence-corrected chi connectivity index (χ1v) is 9.03. The quantitative estimate of drug-likeness (QED) is 0.894. The van der Waals surface area contributed by atoms with E-state index in [0.29, 0.717) is 6.54 Å². The minimum absolute atomic E-state index is 0.0513. The molecule has 3 rings (SSSR count). The number of nitrogens with one attached hydrogen (secondary N) is 1. The first kappa shape index (κ1) is 18.2. The second kappa shape index (κ2) is 8.17. The van der Waals surface area contributed by atoms with Gasteiger partial charge < -0.3 is 15.0 Å². The zero-order valence-electron chi connectivity index (χ0n) is 15.7. The number of aryl methyl sites for hydroxylation is 2. The van der Waals surface area contributed by atoms with E-state index in [1.54, 1.807) is 7.11 Å². The zero-order chi connectivity index (χ0) is 18.5. The molecule has 1 N–H and O–H groups in total. The fourth-order valence-corrected chi connectivity index (χ4v) is 3.27. The molecule has 6 nitrogen and oxygen atoms in total. The largest absolute Gasteiger partial charge is 0.497 e. The molecule has 6 heteroatoms. The van der Waals surface area contributed by atoms with Crippen molar-refractivity contribution in [2.24, 2.45) is 5.92 Å². The third kappa shape index (κ3) is 4.50. The van der Waals surface area contributed by atoms with Gasteiger partial charge in [0.15, 0.2) is 0 Å². The van der Waals surface area contributed by atoms with Gasteiger partial charge in [-0.2, -0.15) is 0 Å². The van der Waals surface area contributed by atoms with Crippen LogP contribution in [0.2, 0.25) is 0 Å². The van der Waals surface area contributed by atoms with E-state index in [2.05, 4.69) is 20.2 Å². The summed E-state index contributed by atoms with van der Waals surface area (Å²) in [6.45, 7) is 6.13. The van der Waals surface area contributed by atoms with E-state index in [0.717, 1.165) is 54.6 Å². The summed E-state index contributed by atoms with van der Waals surface area (Å²) in [5.74, 6) is 1.78. The van der Waals surface area contributed by atoms with Gasteiger partial charge in [0, 0.05) is 36.9 Å². The van der Waals surface area contributed by atoms with E-state index < -0.39 is 0 Å². The van der Waals surface area contributed by atoms with E-state index in [1.807, 2.05) is 44.2 Å². The summed E-state index contributed by atoms with van der Waals surface area (Å²) in [6, 6.07) is 9.73. The molecule has 1 aromatic carbocycles. The van der Waals surface area contributed by atoms with Gasteiger partial charge in [0.1, 0.15) is 5.75 Å². The number of methoxy groups -OCH3 is 1. The second-order valence-electron chi connectivity index (χ2n) is 6.78. The van der Waals surface area contributed by atoms with Crippen molar-refractivity contribution in [2.45, 2.75) is 33.2 Å². The molecule has 1 saturated heterocycles. The molecule has 1 amide bonds. The number of carbonyl (C=O) groups excluding carboxylic acids is 1. The van der Waals surface area contributed by atoms with Crippen LogP contribution in [0, 0.1) is 19.8 Å². The number of nitrogens with zero attached hydrogens (tertiary/aromatic N) is 3. The van der Waals surface area contributed by atoms with Crippen LogP contribution in [0.4, 0.5) is 5.95 Å². The lowest BCUT2D eigenvalue weighted by molar-refractivity contribution is -0.125. The van der Waals surface area contributed by atoms with Crippen LogP contribution in [0.15, 0.2) is 30.3 Å². The average Bonchev–Trinajstić information content (AvgIpc) is 2.66. The maximum Gasteiger partial charge on any atom is 0.225 e. The van der Waals surface area contributed by atoms with Gasteiger partial charge in [-0.15, -0.1) is 0 Å². The minimum atomic E-state index is 0.0513. The Hall–Kier alpha value is -2.63. The molecule has 0 spiro atoms. The SMILES string of the molecule is COc1ccc(CNC(=O)C2CCN(c3nc(C)cc(C)n3)CC2)cc1. The van der Waals surface area contributed by atoms with E-state index in [-0.39, 0.29) is 11.8 Å². The highest BCUT2D eigenvalue weighted by Gasteiger charge is 2.26. The highest BCUT2D eigenvalue weighted by molar-refractivity contribution is 5.78. The smallest absolute Gasteiger partial charge is 0.225 e. The molecule has 26 heavy (non-hydrogen) atoms. The Balaban J connectivity index is 1.50. The summed E-state index contributed by atoms with van der Waals surface area (Å²) in [5.41, 5.74) is 3.03. The van der Waals surface area contributed by atoms with Crippen molar-refractivity contribution in [3.8, 4) is 5.75 Å². The lowest BCUT2D eigenvalue weighted by Crippen LogP contribution is -2.41. The maximum atomic E-state index is 12.5. The van der Waals surface area contributed by atoms with Crippen LogP contribution in [-0.2, 0) is 11.3 Å². The van der Waals surface area contributed by atoms with Crippen molar-refractivity contribution in [1.29, 1.82) is 0 Å².